The number of likely N-dealkylation sites (tertiary alicyclic amines) is 1. The molecule has 0 bridgehead atoms. The average molecular weight is 453 g/mol. The second-order valence-electron chi connectivity index (χ2n) is 9.94. The zero-order valence-corrected chi connectivity index (χ0v) is 19.8. The van der Waals surface area contributed by atoms with Gasteiger partial charge in [0.05, 0.1) is 31.2 Å². The SMILES string of the molecule is CC(C)c1ccc([C@H](c2ccccc2)N(C)C(=O)[C@@H]2C[C@@H](F)CN2C(=O)C2(C)COC2)cc1. The van der Waals surface area contributed by atoms with Crippen LogP contribution in [0.3, 0.4) is 0 Å². The van der Waals surface area contributed by atoms with Crippen LogP contribution in [0, 0.1) is 5.41 Å². The third-order valence-corrected chi connectivity index (χ3v) is 6.92. The summed E-state index contributed by atoms with van der Waals surface area (Å²) in [6, 6.07) is 17.0. The van der Waals surface area contributed by atoms with E-state index < -0.39 is 17.6 Å². The van der Waals surface area contributed by atoms with E-state index >= 15 is 0 Å². The van der Waals surface area contributed by atoms with Gasteiger partial charge in [0.2, 0.25) is 11.8 Å². The van der Waals surface area contributed by atoms with Crippen molar-refractivity contribution in [1.29, 1.82) is 0 Å². The minimum atomic E-state index is -1.21. The van der Waals surface area contributed by atoms with E-state index in [4.69, 9.17) is 4.74 Å². The van der Waals surface area contributed by atoms with Gasteiger partial charge < -0.3 is 14.5 Å². The van der Waals surface area contributed by atoms with Crippen LogP contribution in [0.4, 0.5) is 4.39 Å². The Morgan fingerprint density at radius 2 is 1.61 bits per heavy atom. The van der Waals surface area contributed by atoms with Crippen molar-refractivity contribution in [2.45, 2.75) is 51.4 Å². The molecule has 33 heavy (non-hydrogen) atoms. The number of hydrogen-bond donors (Lipinski definition) is 0. The summed E-state index contributed by atoms with van der Waals surface area (Å²) in [4.78, 5) is 30.0. The van der Waals surface area contributed by atoms with Crippen molar-refractivity contribution in [2.24, 2.45) is 5.41 Å². The summed E-state index contributed by atoms with van der Waals surface area (Å²) < 4.78 is 19.7. The molecule has 2 aliphatic rings. The number of alkyl halides is 1. The van der Waals surface area contributed by atoms with Gasteiger partial charge in [0, 0.05) is 13.5 Å². The van der Waals surface area contributed by atoms with Crippen molar-refractivity contribution in [1.82, 2.24) is 9.80 Å². The van der Waals surface area contributed by atoms with Crippen molar-refractivity contribution in [3.8, 4) is 0 Å². The lowest BCUT2D eigenvalue weighted by Gasteiger charge is -2.41. The molecule has 2 amide bonds. The maximum Gasteiger partial charge on any atom is 0.246 e. The fourth-order valence-electron chi connectivity index (χ4n) is 4.82. The number of ether oxygens (including phenoxy) is 1. The molecule has 2 fully saturated rings. The highest BCUT2D eigenvalue weighted by atomic mass is 19.1. The Morgan fingerprint density at radius 1 is 1.03 bits per heavy atom. The number of hydrogen-bond acceptors (Lipinski definition) is 3. The molecule has 0 N–H and O–H groups in total. The molecular weight excluding hydrogens is 419 g/mol. The molecule has 6 heteroatoms. The van der Waals surface area contributed by atoms with Crippen LogP contribution in [0.1, 0.15) is 55.8 Å². The van der Waals surface area contributed by atoms with Crippen LogP contribution in [0.2, 0.25) is 0 Å². The van der Waals surface area contributed by atoms with Crippen molar-refractivity contribution in [3.63, 3.8) is 0 Å². The summed E-state index contributed by atoms with van der Waals surface area (Å²) in [6.07, 6.45) is -1.18. The largest absolute Gasteiger partial charge is 0.379 e. The molecule has 2 aromatic rings. The summed E-state index contributed by atoms with van der Waals surface area (Å²) >= 11 is 0. The van der Waals surface area contributed by atoms with E-state index in [-0.39, 0.29) is 30.8 Å². The van der Waals surface area contributed by atoms with Crippen LogP contribution >= 0.6 is 0 Å². The van der Waals surface area contributed by atoms with Gasteiger partial charge in [-0.15, -0.1) is 0 Å². The molecule has 4 rings (SSSR count). The van der Waals surface area contributed by atoms with Gasteiger partial charge in [-0.2, -0.15) is 0 Å². The number of carbonyl (C=O) groups is 2. The van der Waals surface area contributed by atoms with Crippen LogP contribution in [-0.4, -0.2) is 60.6 Å². The van der Waals surface area contributed by atoms with Crippen LogP contribution in [-0.2, 0) is 14.3 Å². The van der Waals surface area contributed by atoms with Crippen molar-refractivity contribution >= 4 is 11.8 Å². The molecule has 0 radical (unpaired) electrons. The van der Waals surface area contributed by atoms with Gasteiger partial charge in [0.15, 0.2) is 0 Å². The maximum atomic E-state index is 14.5. The Kier molecular flexibility index (Phi) is 6.57. The second kappa shape index (κ2) is 9.26. The molecule has 5 nitrogen and oxygen atoms in total. The Morgan fingerprint density at radius 3 is 2.15 bits per heavy atom. The number of carbonyl (C=O) groups excluding carboxylic acids is 2. The van der Waals surface area contributed by atoms with Gasteiger partial charge in [-0.3, -0.25) is 9.59 Å². The highest BCUT2D eigenvalue weighted by molar-refractivity contribution is 5.91. The lowest BCUT2D eigenvalue weighted by Crippen LogP contribution is -2.57. The summed E-state index contributed by atoms with van der Waals surface area (Å²) in [6.45, 7) is 6.68. The Balaban J connectivity index is 1.64. The Labute approximate surface area is 195 Å². The first-order chi connectivity index (χ1) is 15.7. The monoisotopic (exact) mass is 452 g/mol. The van der Waals surface area contributed by atoms with E-state index in [0.29, 0.717) is 19.1 Å². The minimum absolute atomic E-state index is 0.0274. The van der Waals surface area contributed by atoms with Gasteiger partial charge >= 0.3 is 0 Å². The molecular formula is C27H33FN2O3. The molecule has 0 saturated carbocycles. The van der Waals surface area contributed by atoms with Crippen LogP contribution in [0.5, 0.6) is 0 Å². The van der Waals surface area contributed by atoms with Gasteiger partial charge in [0.1, 0.15) is 12.2 Å². The molecule has 0 aliphatic carbocycles. The average Bonchev–Trinajstić information content (AvgIpc) is 3.19. The molecule has 3 atom stereocenters. The van der Waals surface area contributed by atoms with Gasteiger partial charge in [0.25, 0.3) is 0 Å². The first kappa shape index (κ1) is 23.4. The van der Waals surface area contributed by atoms with Crippen molar-refractivity contribution < 1.29 is 18.7 Å². The van der Waals surface area contributed by atoms with E-state index in [2.05, 4.69) is 38.1 Å². The predicted octanol–water partition coefficient (Wildman–Crippen LogP) is 4.33. The van der Waals surface area contributed by atoms with E-state index in [1.807, 2.05) is 37.3 Å². The van der Waals surface area contributed by atoms with Crippen molar-refractivity contribution in [3.05, 3.63) is 71.3 Å². The fraction of sp³-hybridized carbons (Fsp3) is 0.481. The topological polar surface area (TPSA) is 49.9 Å². The van der Waals surface area contributed by atoms with Crippen LogP contribution in [0.25, 0.3) is 0 Å². The Bertz CT molecular complexity index is 988. The summed E-state index contributed by atoms with van der Waals surface area (Å²) in [5.41, 5.74) is 2.50. The highest BCUT2D eigenvalue weighted by Gasteiger charge is 2.50. The maximum absolute atomic E-state index is 14.5. The second-order valence-corrected chi connectivity index (χ2v) is 9.94. The van der Waals surface area contributed by atoms with Crippen molar-refractivity contribution in [2.75, 3.05) is 26.8 Å². The van der Waals surface area contributed by atoms with E-state index in [1.165, 1.54) is 10.5 Å². The van der Waals surface area contributed by atoms with Gasteiger partial charge in [-0.25, -0.2) is 4.39 Å². The lowest BCUT2D eigenvalue weighted by molar-refractivity contribution is -0.172. The van der Waals surface area contributed by atoms with Crippen LogP contribution < -0.4 is 0 Å². The highest BCUT2D eigenvalue weighted by Crippen LogP contribution is 2.35. The van der Waals surface area contributed by atoms with Crippen LogP contribution in [0.15, 0.2) is 54.6 Å². The minimum Gasteiger partial charge on any atom is -0.379 e. The van der Waals surface area contributed by atoms with Gasteiger partial charge in [-0.05, 0) is 29.5 Å². The molecule has 0 unspecified atom stereocenters. The number of likely N-dealkylation sites (N-methyl/N-ethyl adjacent to an activating group) is 1. The first-order valence-electron chi connectivity index (χ1n) is 11.7. The third-order valence-electron chi connectivity index (χ3n) is 6.92. The molecule has 2 aromatic carbocycles. The fourth-order valence-corrected chi connectivity index (χ4v) is 4.82. The predicted molar refractivity (Wildman–Crippen MR) is 126 cm³/mol. The van der Waals surface area contributed by atoms with E-state index in [1.54, 1.807) is 11.9 Å². The summed E-state index contributed by atoms with van der Waals surface area (Å²) in [5, 5.41) is 0. The molecule has 2 saturated heterocycles. The number of nitrogens with zero attached hydrogens (tertiary/aromatic N) is 2. The Hall–Kier alpha value is -2.73. The molecule has 176 valence electrons. The van der Waals surface area contributed by atoms with E-state index in [9.17, 15) is 14.0 Å². The third kappa shape index (κ3) is 4.54. The number of benzene rings is 2. The number of halogens is 1. The standard InChI is InChI=1S/C27H33FN2O3/c1-18(2)19-10-12-21(13-11-19)24(20-8-6-5-7-9-20)29(4)25(31)23-14-22(28)15-30(23)26(32)27(3)16-33-17-27/h5-13,18,22-24H,14-17H2,1-4H3/t22-,23+,24+/m1/s1. The molecule has 0 spiro atoms. The zero-order valence-electron chi connectivity index (χ0n) is 19.8. The summed E-state index contributed by atoms with van der Waals surface area (Å²) in [5.74, 6) is -0.0303. The molecule has 2 heterocycles. The first-order valence-corrected chi connectivity index (χ1v) is 11.7. The zero-order chi connectivity index (χ0) is 23.8. The molecule has 2 aliphatic heterocycles. The smallest absolute Gasteiger partial charge is 0.246 e. The lowest BCUT2D eigenvalue weighted by atomic mass is 9.86. The normalized spacial score (nSPS) is 22.7. The summed E-state index contributed by atoms with van der Waals surface area (Å²) in [7, 11) is 1.75. The van der Waals surface area contributed by atoms with E-state index in [0.717, 1.165) is 11.1 Å². The number of amides is 2. The quantitative estimate of drug-likeness (QED) is 0.655. The van der Waals surface area contributed by atoms with Gasteiger partial charge in [-0.1, -0.05) is 68.4 Å². The molecule has 0 aromatic heterocycles. The number of rotatable bonds is 6.